The Bertz CT molecular complexity index is 545. The lowest BCUT2D eigenvalue weighted by molar-refractivity contribution is -0.385. The molecule has 1 aliphatic heterocycles. The summed E-state index contributed by atoms with van der Waals surface area (Å²) < 4.78 is 5.40. The van der Waals surface area contributed by atoms with Crippen LogP contribution < -0.4 is 4.74 Å². The number of carbonyl (C=O) groups excluding carboxylic acids is 1. The molecular weight excluding hydrogens is 284 g/mol. The molecule has 0 unspecified atom stereocenters. The van der Waals surface area contributed by atoms with Crippen molar-refractivity contribution in [2.45, 2.75) is 32.7 Å². The van der Waals surface area contributed by atoms with E-state index in [1.807, 2.05) is 13.8 Å². The summed E-state index contributed by atoms with van der Waals surface area (Å²) in [6, 6.07) is 5.98. The van der Waals surface area contributed by atoms with Gasteiger partial charge in [0.05, 0.1) is 11.0 Å². The molecule has 1 saturated heterocycles. The van der Waals surface area contributed by atoms with Gasteiger partial charge in [-0.3, -0.25) is 19.8 Å². The van der Waals surface area contributed by atoms with Crippen molar-refractivity contribution in [1.29, 1.82) is 0 Å². The molecule has 6 nitrogen and oxygen atoms in total. The fourth-order valence-electron chi connectivity index (χ4n) is 2.76. The molecule has 1 atom stereocenters. The average molecular weight is 305 g/mol. The third kappa shape index (κ3) is 4.04. The molecule has 0 bridgehead atoms. The fraction of sp³-hybridized carbons (Fsp3) is 0.500. The normalized spacial score (nSPS) is 18.6. The van der Waals surface area contributed by atoms with E-state index < -0.39 is 4.92 Å². The molecule has 0 spiro atoms. The largest absolute Gasteiger partial charge is 0.479 e. The van der Waals surface area contributed by atoms with Gasteiger partial charge in [-0.15, -0.1) is 0 Å². The van der Waals surface area contributed by atoms with Gasteiger partial charge in [0.1, 0.15) is 6.61 Å². The Hall–Kier alpha value is -1.95. The van der Waals surface area contributed by atoms with Gasteiger partial charge in [-0.25, -0.2) is 0 Å². The molecule has 1 fully saturated rings. The summed E-state index contributed by atoms with van der Waals surface area (Å²) in [6.45, 7) is 5.68. The molecule has 0 amide bonds. The minimum atomic E-state index is -0.503. The molecule has 2 rings (SSSR count). The quantitative estimate of drug-likeness (QED) is 0.572. The smallest absolute Gasteiger partial charge is 0.310 e. The summed E-state index contributed by atoms with van der Waals surface area (Å²) in [5.74, 6) is 1.39. The summed E-state index contributed by atoms with van der Waals surface area (Å²) in [5.41, 5.74) is -0.115. The maximum absolute atomic E-state index is 12.3. The van der Waals surface area contributed by atoms with Crippen LogP contribution in [0.1, 0.15) is 26.7 Å². The van der Waals surface area contributed by atoms with Crippen molar-refractivity contribution in [3.05, 3.63) is 40.3 Å². The number of hydrogen-bond acceptors (Lipinski definition) is 5. The molecule has 1 aromatic carbocycles. The summed E-state index contributed by atoms with van der Waals surface area (Å²) in [4.78, 5) is 24.9. The fourth-order valence-corrected chi connectivity index (χ4v) is 2.76. The first-order chi connectivity index (χ1) is 10.5. The van der Waals surface area contributed by atoms with Gasteiger partial charge in [0, 0.05) is 12.6 Å². The second-order valence-electron chi connectivity index (χ2n) is 5.82. The van der Waals surface area contributed by atoms with Crippen molar-refractivity contribution in [3.63, 3.8) is 0 Å². The van der Waals surface area contributed by atoms with Gasteiger partial charge < -0.3 is 4.74 Å². The van der Waals surface area contributed by atoms with Crippen LogP contribution >= 0.6 is 0 Å². The zero-order chi connectivity index (χ0) is 16.1. The molecule has 1 radical (unpaired) electrons. The number of Topliss-reactive ketones (excluding diaryl/α,β-unsaturated/α-hetero) is 1. The van der Waals surface area contributed by atoms with Crippen LogP contribution in [-0.2, 0) is 4.79 Å². The van der Waals surface area contributed by atoms with E-state index in [-0.39, 0.29) is 29.9 Å². The third-order valence-corrected chi connectivity index (χ3v) is 3.69. The maximum atomic E-state index is 12.3. The van der Waals surface area contributed by atoms with Crippen molar-refractivity contribution in [3.8, 4) is 5.75 Å². The van der Waals surface area contributed by atoms with Gasteiger partial charge in [0.25, 0.3) is 0 Å². The standard InChI is InChI=1S/C16H21N2O4/c1-12(2)10-17-9-5-7-13(17)15(19)11-22-16-8-4-3-6-14(16)18(20)21/h3-4,6,8,13H,5,7,9-11H2,1-2H3/t13-/m1/s1. The van der Waals surface area contributed by atoms with Gasteiger partial charge in [0.15, 0.2) is 11.5 Å². The van der Waals surface area contributed by atoms with Crippen LogP contribution in [0.5, 0.6) is 5.75 Å². The molecule has 119 valence electrons. The predicted molar refractivity (Wildman–Crippen MR) is 82.8 cm³/mol. The number of carbonyl (C=O) groups is 1. The average Bonchev–Trinajstić information content (AvgIpc) is 2.92. The van der Waals surface area contributed by atoms with E-state index in [4.69, 9.17) is 4.74 Å². The number of rotatable bonds is 7. The second-order valence-corrected chi connectivity index (χ2v) is 5.82. The molecule has 22 heavy (non-hydrogen) atoms. The molecule has 1 heterocycles. The minimum Gasteiger partial charge on any atom is -0.479 e. The zero-order valence-electron chi connectivity index (χ0n) is 12.9. The Labute approximate surface area is 130 Å². The monoisotopic (exact) mass is 305 g/mol. The highest BCUT2D eigenvalue weighted by Crippen LogP contribution is 2.26. The number of likely N-dealkylation sites (tertiary alicyclic amines) is 1. The first kappa shape index (κ1) is 16.4. The van der Waals surface area contributed by atoms with Gasteiger partial charge in [-0.2, -0.15) is 0 Å². The predicted octanol–water partition coefficient (Wildman–Crippen LogP) is 2.62. The SMILES string of the molecule is C[C](C)CN1CCC[C@@H]1C(=O)COc1ccccc1[N+](=O)[O-]. The molecule has 0 aromatic heterocycles. The summed E-state index contributed by atoms with van der Waals surface area (Å²) in [5, 5.41) is 10.9. The van der Waals surface area contributed by atoms with Crippen LogP contribution in [-0.4, -0.2) is 41.3 Å². The van der Waals surface area contributed by atoms with E-state index in [1.54, 1.807) is 12.1 Å². The first-order valence-corrected chi connectivity index (χ1v) is 7.41. The van der Waals surface area contributed by atoms with Crippen molar-refractivity contribution in [1.82, 2.24) is 4.90 Å². The number of benzene rings is 1. The molecule has 1 aromatic rings. The Morgan fingerprint density at radius 2 is 2.14 bits per heavy atom. The molecule has 0 N–H and O–H groups in total. The molecule has 6 heteroatoms. The lowest BCUT2D eigenvalue weighted by atomic mass is 10.1. The van der Waals surface area contributed by atoms with Crippen LogP contribution in [0.15, 0.2) is 24.3 Å². The van der Waals surface area contributed by atoms with Crippen LogP contribution in [0, 0.1) is 16.0 Å². The highest BCUT2D eigenvalue weighted by molar-refractivity contribution is 5.85. The Kier molecular flexibility index (Phi) is 5.49. The summed E-state index contributed by atoms with van der Waals surface area (Å²) in [7, 11) is 0. The topological polar surface area (TPSA) is 72.7 Å². The Morgan fingerprint density at radius 3 is 2.82 bits per heavy atom. The summed E-state index contributed by atoms with van der Waals surface area (Å²) >= 11 is 0. The number of nitro groups is 1. The number of ketones is 1. The van der Waals surface area contributed by atoms with E-state index in [1.165, 1.54) is 18.1 Å². The molecule has 0 saturated carbocycles. The molecule has 0 aliphatic carbocycles. The van der Waals surface area contributed by atoms with Crippen molar-refractivity contribution < 1.29 is 14.5 Å². The Balaban J connectivity index is 1.97. The van der Waals surface area contributed by atoms with Crippen molar-refractivity contribution in [2.24, 2.45) is 0 Å². The van der Waals surface area contributed by atoms with E-state index in [0.29, 0.717) is 0 Å². The highest BCUT2D eigenvalue weighted by atomic mass is 16.6. The van der Waals surface area contributed by atoms with Crippen molar-refractivity contribution >= 4 is 11.5 Å². The maximum Gasteiger partial charge on any atom is 0.310 e. The van der Waals surface area contributed by atoms with E-state index in [2.05, 4.69) is 4.90 Å². The molecular formula is C16H21N2O4. The van der Waals surface area contributed by atoms with E-state index in [0.717, 1.165) is 25.9 Å². The molecule has 1 aliphatic rings. The third-order valence-electron chi connectivity index (χ3n) is 3.69. The number of ether oxygens (including phenoxy) is 1. The van der Waals surface area contributed by atoms with Gasteiger partial charge in [-0.05, 0) is 31.4 Å². The van der Waals surface area contributed by atoms with Crippen LogP contribution in [0.4, 0.5) is 5.69 Å². The van der Waals surface area contributed by atoms with Gasteiger partial charge in [-0.1, -0.05) is 26.0 Å². The second kappa shape index (κ2) is 7.35. The number of para-hydroxylation sites is 2. The van der Waals surface area contributed by atoms with Gasteiger partial charge >= 0.3 is 5.69 Å². The zero-order valence-corrected chi connectivity index (χ0v) is 12.9. The van der Waals surface area contributed by atoms with Crippen LogP contribution in [0.3, 0.4) is 0 Å². The first-order valence-electron chi connectivity index (χ1n) is 7.41. The van der Waals surface area contributed by atoms with Crippen LogP contribution in [0.2, 0.25) is 0 Å². The lowest BCUT2D eigenvalue weighted by Gasteiger charge is -2.24. The van der Waals surface area contributed by atoms with Gasteiger partial charge in [0.2, 0.25) is 0 Å². The number of hydrogen-bond donors (Lipinski definition) is 0. The van der Waals surface area contributed by atoms with E-state index >= 15 is 0 Å². The lowest BCUT2D eigenvalue weighted by Crippen LogP contribution is -2.40. The Morgan fingerprint density at radius 1 is 1.41 bits per heavy atom. The summed E-state index contributed by atoms with van der Waals surface area (Å²) in [6.07, 6.45) is 1.82. The van der Waals surface area contributed by atoms with E-state index in [9.17, 15) is 14.9 Å². The number of nitro benzene ring substituents is 1. The number of nitrogens with zero attached hydrogens (tertiary/aromatic N) is 2. The van der Waals surface area contributed by atoms with Crippen LogP contribution in [0.25, 0.3) is 0 Å². The van der Waals surface area contributed by atoms with Crippen molar-refractivity contribution in [2.75, 3.05) is 19.7 Å². The highest BCUT2D eigenvalue weighted by Gasteiger charge is 2.31. The minimum absolute atomic E-state index is 0.0168.